The van der Waals surface area contributed by atoms with E-state index in [1.807, 2.05) is 13.8 Å². The number of anilines is 1. The molecule has 0 radical (unpaired) electrons. The van der Waals surface area contributed by atoms with E-state index in [9.17, 15) is 0 Å². The Morgan fingerprint density at radius 2 is 1.94 bits per heavy atom. The number of hydrogen-bond acceptors (Lipinski definition) is 4. The van der Waals surface area contributed by atoms with Gasteiger partial charge >= 0.3 is 0 Å². The zero-order valence-corrected chi connectivity index (χ0v) is 11.3. The first kappa shape index (κ1) is 11.9. The van der Waals surface area contributed by atoms with Crippen molar-refractivity contribution in [3.05, 3.63) is 17.6 Å². The molecule has 2 fully saturated rings. The molecule has 1 spiro atoms. The van der Waals surface area contributed by atoms with E-state index in [-0.39, 0.29) is 0 Å². The van der Waals surface area contributed by atoms with Crippen LogP contribution in [0.4, 0.5) is 5.82 Å². The van der Waals surface area contributed by atoms with Crippen molar-refractivity contribution < 1.29 is 4.74 Å². The molecule has 0 N–H and O–H groups in total. The van der Waals surface area contributed by atoms with Gasteiger partial charge in [-0.25, -0.2) is 9.97 Å². The fourth-order valence-electron chi connectivity index (χ4n) is 3.40. The molecule has 2 aliphatic rings. The summed E-state index contributed by atoms with van der Waals surface area (Å²) < 4.78 is 5.53. The maximum absolute atomic E-state index is 5.53. The number of rotatable bonds is 1. The van der Waals surface area contributed by atoms with Gasteiger partial charge in [-0.2, -0.15) is 0 Å². The third-order valence-electron chi connectivity index (χ3n) is 4.25. The van der Waals surface area contributed by atoms with Gasteiger partial charge in [0.05, 0.1) is 0 Å². The third kappa shape index (κ3) is 1.99. The largest absolute Gasteiger partial charge is 0.381 e. The second-order valence-electron chi connectivity index (χ2n) is 5.51. The highest BCUT2D eigenvalue weighted by atomic mass is 16.5. The van der Waals surface area contributed by atoms with Gasteiger partial charge in [-0.1, -0.05) is 0 Å². The first-order chi connectivity index (χ1) is 8.70. The van der Waals surface area contributed by atoms with E-state index in [4.69, 9.17) is 4.74 Å². The standard InChI is InChI=1S/C14H21N3O/c1-11-10-13(16-12(2)15-11)17-7-3-4-14(17)5-8-18-9-6-14/h10H,3-9H2,1-2H3. The summed E-state index contributed by atoms with van der Waals surface area (Å²) >= 11 is 0. The number of aryl methyl sites for hydroxylation is 2. The Labute approximate surface area is 108 Å². The molecule has 2 aliphatic heterocycles. The normalized spacial score (nSPS) is 22.7. The predicted octanol–water partition coefficient (Wildman–Crippen LogP) is 2.24. The summed E-state index contributed by atoms with van der Waals surface area (Å²) in [4.78, 5) is 11.5. The topological polar surface area (TPSA) is 38.2 Å². The molecule has 0 saturated carbocycles. The van der Waals surface area contributed by atoms with E-state index in [0.29, 0.717) is 5.54 Å². The van der Waals surface area contributed by atoms with Crippen LogP contribution in [0, 0.1) is 13.8 Å². The maximum atomic E-state index is 5.53. The molecular weight excluding hydrogens is 226 g/mol. The molecule has 1 aromatic heterocycles. The molecule has 98 valence electrons. The summed E-state index contributed by atoms with van der Waals surface area (Å²) in [5.41, 5.74) is 1.36. The van der Waals surface area contributed by atoms with Gasteiger partial charge in [0, 0.05) is 37.1 Å². The van der Waals surface area contributed by atoms with Crippen LogP contribution in [0.25, 0.3) is 0 Å². The van der Waals surface area contributed by atoms with Gasteiger partial charge in [-0.15, -0.1) is 0 Å². The highest BCUT2D eigenvalue weighted by Gasteiger charge is 2.42. The Bertz CT molecular complexity index is 420. The van der Waals surface area contributed by atoms with Crippen LogP contribution in [-0.4, -0.2) is 35.3 Å². The number of aromatic nitrogens is 2. The summed E-state index contributed by atoms with van der Waals surface area (Å²) in [6, 6.07) is 2.12. The van der Waals surface area contributed by atoms with Gasteiger partial charge in [0.2, 0.25) is 0 Å². The van der Waals surface area contributed by atoms with Crippen LogP contribution < -0.4 is 4.90 Å². The second kappa shape index (κ2) is 4.50. The van der Waals surface area contributed by atoms with E-state index in [2.05, 4.69) is 20.9 Å². The van der Waals surface area contributed by atoms with Crippen LogP contribution >= 0.6 is 0 Å². The number of nitrogens with zero attached hydrogens (tertiary/aromatic N) is 3. The Balaban J connectivity index is 1.94. The van der Waals surface area contributed by atoms with Gasteiger partial charge in [0.1, 0.15) is 11.6 Å². The van der Waals surface area contributed by atoms with E-state index in [0.717, 1.165) is 49.9 Å². The second-order valence-corrected chi connectivity index (χ2v) is 5.51. The minimum atomic E-state index is 0.297. The molecular formula is C14H21N3O. The Morgan fingerprint density at radius 1 is 1.17 bits per heavy atom. The fraction of sp³-hybridized carbons (Fsp3) is 0.714. The monoisotopic (exact) mass is 247 g/mol. The van der Waals surface area contributed by atoms with E-state index < -0.39 is 0 Å². The lowest BCUT2D eigenvalue weighted by atomic mass is 9.87. The van der Waals surface area contributed by atoms with Crippen molar-refractivity contribution >= 4 is 5.82 Å². The molecule has 3 rings (SSSR count). The molecule has 1 aromatic rings. The van der Waals surface area contributed by atoms with Crippen LogP contribution in [0.2, 0.25) is 0 Å². The van der Waals surface area contributed by atoms with Crippen molar-refractivity contribution in [2.24, 2.45) is 0 Å². The van der Waals surface area contributed by atoms with Gasteiger partial charge in [0.15, 0.2) is 0 Å². The van der Waals surface area contributed by atoms with Gasteiger partial charge < -0.3 is 9.64 Å². The first-order valence-corrected chi connectivity index (χ1v) is 6.87. The number of ether oxygens (including phenoxy) is 1. The molecule has 0 unspecified atom stereocenters. The lowest BCUT2D eigenvalue weighted by Crippen LogP contribution is -2.48. The molecule has 0 aromatic carbocycles. The van der Waals surface area contributed by atoms with Gasteiger partial charge in [0.25, 0.3) is 0 Å². The van der Waals surface area contributed by atoms with E-state index >= 15 is 0 Å². The summed E-state index contributed by atoms with van der Waals surface area (Å²) in [5, 5.41) is 0. The molecule has 0 amide bonds. The lowest BCUT2D eigenvalue weighted by Gasteiger charge is -2.42. The maximum Gasteiger partial charge on any atom is 0.132 e. The average Bonchev–Trinajstić information content (AvgIpc) is 2.72. The Hall–Kier alpha value is -1.16. The van der Waals surface area contributed by atoms with Crippen LogP contribution in [0.5, 0.6) is 0 Å². The molecule has 3 heterocycles. The van der Waals surface area contributed by atoms with Crippen LogP contribution in [0.1, 0.15) is 37.2 Å². The first-order valence-electron chi connectivity index (χ1n) is 6.87. The molecule has 2 saturated heterocycles. The zero-order chi connectivity index (χ0) is 12.6. The smallest absolute Gasteiger partial charge is 0.132 e. The zero-order valence-electron chi connectivity index (χ0n) is 11.3. The minimum absolute atomic E-state index is 0.297. The van der Waals surface area contributed by atoms with Crippen molar-refractivity contribution in [1.82, 2.24) is 9.97 Å². The quantitative estimate of drug-likeness (QED) is 0.763. The average molecular weight is 247 g/mol. The Kier molecular flexibility index (Phi) is 2.98. The summed E-state index contributed by atoms with van der Waals surface area (Å²) in [6.45, 7) is 6.92. The van der Waals surface area contributed by atoms with Crippen LogP contribution in [0.3, 0.4) is 0 Å². The van der Waals surface area contributed by atoms with Gasteiger partial charge in [-0.3, -0.25) is 0 Å². The Morgan fingerprint density at radius 3 is 2.67 bits per heavy atom. The summed E-state index contributed by atoms with van der Waals surface area (Å²) in [5.74, 6) is 1.98. The highest BCUT2D eigenvalue weighted by Crippen LogP contribution is 2.40. The van der Waals surface area contributed by atoms with E-state index in [1.54, 1.807) is 0 Å². The summed E-state index contributed by atoms with van der Waals surface area (Å²) in [7, 11) is 0. The lowest BCUT2D eigenvalue weighted by molar-refractivity contribution is 0.0543. The van der Waals surface area contributed by atoms with Crippen LogP contribution in [-0.2, 0) is 4.74 Å². The highest BCUT2D eigenvalue weighted by molar-refractivity contribution is 5.45. The SMILES string of the molecule is Cc1cc(N2CCCC23CCOCC3)nc(C)n1. The molecule has 4 nitrogen and oxygen atoms in total. The van der Waals surface area contributed by atoms with Crippen molar-refractivity contribution in [1.29, 1.82) is 0 Å². The molecule has 4 heteroatoms. The van der Waals surface area contributed by atoms with Crippen molar-refractivity contribution in [2.45, 2.75) is 45.1 Å². The molecule has 0 atom stereocenters. The van der Waals surface area contributed by atoms with Crippen LogP contribution in [0.15, 0.2) is 6.07 Å². The fourth-order valence-corrected chi connectivity index (χ4v) is 3.40. The summed E-state index contributed by atoms with van der Waals surface area (Å²) in [6.07, 6.45) is 4.81. The minimum Gasteiger partial charge on any atom is -0.381 e. The van der Waals surface area contributed by atoms with Crippen molar-refractivity contribution in [3.8, 4) is 0 Å². The third-order valence-corrected chi connectivity index (χ3v) is 4.25. The number of hydrogen-bond donors (Lipinski definition) is 0. The predicted molar refractivity (Wildman–Crippen MR) is 70.9 cm³/mol. The van der Waals surface area contributed by atoms with Crippen molar-refractivity contribution in [2.75, 3.05) is 24.7 Å². The van der Waals surface area contributed by atoms with Gasteiger partial charge in [-0.05, 0) is 39.5 Å². The molecule has 0 bridgehead atoms. The molecule has 0 aliphatic carbocycles. The van der Waals surface area contributed by atoms with Crippen molar-refractivity contribution in [3.63, 3.8) is 0 Å². The van der Waals surface area contributed by atoms with E-state index in [1.165, 1.54) is 12.8 Å². The molecule has 18 heavy (non-hydrogen) atoms.